The van der Waals surface area contributed by atoms with Crippen LogP contribution in [0, 0.1) is 0 Å². The second kappa shape index (κ2) is 4.17. The fraction of sp³-hybridized carbons (Fsp3) is 0.0909. The molecule has 17 heavy (non-hydrogen) atoms. The molecule has 0 aliphatic carbocycles. The van der Waals surface area contributed by atoms with E-state index in [9.17, 15) is 4.79 Å². The average Bonchev–Trinajstić information content (AvgIpc) is 2.71. The van der Waals surface area contributed by atoms with Gasteiger partial charge in [-0.25, -0.2) is 4.79 Å². The van der Waals surface area contributed by atoms with Crippen LogP contribution < -0.4 is 10.5 Å². The van der Waals surface area contributed by atoms with E-state index in [-0.39, 0.29) is 17.1 Å². The van der Waals surface area contributed by atoms with E-state index < -0.39 is 5.97 Å². The molecule has 88 valence electrons. The third-order valence-electron chi connectivity index (χ3n) is 2.28. The molecule has 0 bridgehead atoms. The fourth-order valence-electron chi connectivity index (χ4n) is 1.40. The number of ether oxygens (including phenoxy) is 1. The van der Waals surface area contributed by atoms with Crippen molar-refractivity contribution in [3.05, 3.63) is 30.0 Å². The van der Waals surface area contributed by atoms with Gasteiger partial charge in [-0.1, -0.05) is 5.16 Å². The molecule has 6 nitrogen and oxygen atoms in total. The maximum Gasteiger partial charge on any atom is 0.360 e. The number of aromatic carboxylic acids is 1. The summed E-state index contributed by atoms with van der Waals surface area (Å²) >= 11 is 0. The lowest BCUT2D eigenvalue weighted by atomic mass is 10.1. The predicted octanol–water partition coefficient (Wildman–Crippen LogP) is 1.63. The van der Waals surface area contributed by atoms with Gasteiger partial charge < -0.3 is 20.1 Å². The summed E-state index contributed by atoms with van der Waals surface area (Å²) in [7, 11) is 1.56. The summed E-state index contributed by atoms with van der Waals surface area (Å²) in [6.07, 6.45) is 0. The summed E-state index contributed by atoms with van der Waals surface area (Å²) in [5.74, 6) is -0.290. The molecule has 2 rings (SSSR count). The van der Waals surface area contributed by atoms with E-state index >= 15 is 0 Å². The van der Waals surface area contributed by atoms with E-state index in [1.807, 2.05) is 0 Å². The zero-order valence-electron chi connectivity index (χ0n) is 9.01. The summed E-state index contributed by atoms with van der Waals surface area (Å²) in [6.45, 7) is 0. The Morgan fingerprint density at radius 2 is 2.06 bits per heavy atom. The van der Waals surface area contributed by atoms with Gasteiger partial charge in [0.1, 0.15) is 11.4 Å². The van der Waals surface area contributed by atoms with E-state index in [2.05, 4.69) is 5.16 Å². The van der Waals surface area contributed by atoms with Gasteiger partial charge in [-0.05, 0) is 24.3 Å². The van der Waals surface area contributed by atoms with Crippen LogP contribution in [0.15, 0.2) is 28.8 Å². The summed E-state index contributed by atoms with van der Waals surface area (Å²) in [6, 6.07) is 6.86. The van der Waals surface area contributed by atoms with E-state index in [0.29, 0.717) is 11.3 Å². The Bertz CT molecular complexity index is 545. The van der Waals surface area contributed by atoms with E-state index in [0.717, 1.165) is 0 Å². The number of benzene rings is 1. The highest BCUT2D eigenvalue weighted by atomic mass is 16.5. The number of rotatable bonds is 3. The van der Waals surface area contributed by atoms with Crippen molar-refractivity contribution in [2.75, 3.05) is 12.8 Å². The summed E-state index contributed by atoms with van der Waals surface area (Å²) in [4.78, 5) is 10.7. The second-order valence-electron chi connectivity index (χ2n) is 3.31. The van der Waals surface area contributed by atoms with Crippen LogP contribution in [-0.4, -0.2) is 23.3 Å². The molecule has 0 spiro atoms. The molecular formula is C11H10N2O4. The lowest BCUT2D eigenvalue weighted by Crippen LogP contribution is -2.01. The highest BCUT2D eigenvalue weighted by Gasteiger charge is 2.19. The topological polar surface area (TPSA) is 98.6 Å². The Labute approximate surface area is 96.6 Å². The summed E-state index contributed by atoms with van der Waals surface area (Å²) in [5, 5.41) is 12.2. The number of hydrogen-bond donors (Lipinski definition) is 2. The molecule has 1 aromatic carbocycles. The van der Waals surface area contributed by atoms with E-state index in [1.165, 1.54) is 0 Å². The minimum Gasteiger partial charge on any atom is -0.497 e. The standard InChI is InChI=1S/C11H10N2O4/c1-16-7-4-2-6(3-5-7)10-8(12)9(11(14)15)13-17-10/h2-5H,12H2,1H3,(H,14,15). The molecule has 0 aliphatic rings. The fourth-order valence-corrected chi connectivity index (χ4v) is 1.40. The van der Waals surface area contributed by atoms with Crippen molar-refractivity contribution >= 4 is 11.7 Å². The molecule has 0 unspecified atom stereocenters. The Kier molecular flexibility index (Phi) is 2.70. The first-order valence-corrected chi connectivity index (χ1v) is 4.76. The van der Waals surface area contributed by atoms with Crippen molar-refractivity contribution in [3.63, 3.8) is 0 Å². The van der Waals surface area contributed by atoms with Gasteiger partial charge in [-0.15, -0.1) is 0 Å². The van der Waals surface area contributed by atoms with Gasteiger partial charge in [0.05, 0.1) is 7.11 Å². The van der Waals surface area contributed by atoms with Crippen LogP contribution >= 0.6 is 0 Å². The van der Waals surface area contributed by atoms with Crippen molar-refractivity contribution in [2.45, 2.75) is 0 Å². The maximum atomic E-state index is 10.7. The zero-order valence-corrected chi connectivity index (χ0v) is 9.01. The van der Waals surface area contributed by atoms with Crippen LogP contribution in [0.5, 0.6) is 5.75 Å². The van der Waals surface area contributed by atoms with Crippen LogP contribution in [0.3, 0.4) is 0 Å². The minimum absolute atomic E-state index is 0.0164. The zero-order chi connectivity index (χ0) is 12.4. The maximum absolute atomic E-state index is 10.7. The van der Waals surface area contributed by atoms with Crippen LogP contribution in [0.4, 0.5) is 5.69 Å². The Morgan fingerprint density at radius 1 is 1.41 bits per heavy atom. The number of carbonyl (C=O) groups is 1. The van der Waals surface area contributed by atoms with Crippen molar-refractivity contribution in [2.24, 2.45) is 0 Å². The van der Waals surface area contributed by atoms with E-state index in [4.69, 9.17) is 20.1 Å². The first kappa shape index (κ1) is 11.0. The van der Waals surface area contributed by atoms with Gasteiger partial charge in [0.2, 0.25) is 5.69 Å². The number of hydrogen-bond acceptors (Lipinski definition) is 5. The normalized spacial score (nSPS) is 10.2. The number of nitrogens with zero attached hydrogens (tertiary/aromatic N) is 1. The number of nitrogen functional groups attached to an aromatic ring is 1. The molecule has 2 aromatic rings. The van der Waals surface area contributed by atoms with Crippen molar-refractivity contribution < 1.29 is 19.2 Å². The monoisotopic (exact) mass is 234 g/mol. The molecule has 6 heteroatoms. The molecule has 1 aromatic heterocycles. The quantitative estimate of drug-likeness (QED) is 0.837. The number of methoxy groups -OCH3 is 1. The number of carboxylic acids is 1. The SMILES string of the molecule is COc1ccc(-c2onc(C(=O)O)c2N)cc1. The Balaban J connectivity index is 2.42. The second-order valence-corrected chi connectivity index (χ2v) is 3.31. The number of aromatic nitrogens is 1. The molecule has 1 heterocycles. The van der Waals surface area contributed by atoms with Crippen molar-refractivity contribution in [3.8, 4) is 17.1 Å². The van der Waals surface area contributed by atoms with E-state index in [1.54, 1.807) is 31.4 Å². The Morgan fingerprint density at radius 3 is 2.53 bits per heavy atom. The van der Waals surface area contributed by atoms with Crippen LogP contribution in [-0.2, 0) is 0 Å². The van der Waals surface area contributed by atoms with Crippen molar-refractivity contribution in [1.29, 1.82) is 0 Å². The number of nitrogens with two attached hydrogens (primary N) is 1. The minimum atomic E-state index is -1.22. The van der Waals surface area contributed by atoms with Crippen LogP contribution in [0.1, 0.15) is 10.5 Å². The predicted molar refractivity (Wildman–Crippen MR) is 59.9 cm³/mol. The Hall–Kier alpha value is -2.50. The molecule has 0 amide bonds. The van der Waals surface area contributed by atoms with Gasteiger partial charge in [-0.2, -0.15) is 0 Å². The van der Waals surface area contributed by atoms with Crippen LogP contribution in [0.25, 0.3) is 11.3 Å². The van der Waals surface area contributed by atoms with Crippen LogP contribution in [0.2, 0.25) is 0 Å². The molecule has 0 saturated carbocycles. The highest BCUT2D eigenvalue weighted by Crippen LogP contribution is 2.29. The average molecular weight is 234 g/mol. The molecule has 0 aliphatic heterocycles. The third kappa shape index (κ3) is 1.92. The van der Waals surface area contributed by atoms with Gasteiger partial charge in [-0.3, -0.25) is 0 Å². The summed E-state index contributed by atoms with van der Waals surface area (Å²) in [5.41, 5.74) is 6.02. The smallest absolute Gasteiger partial charge is 0.360 e. The number of carboxylic acid groups (broad SMARTS) is 1. The largest absolute Gasteiger partial charge is 0.497 e. The van der Waals surface area contributed by atoms with Gasteiger partial charge in [0.15, 0.2) is 5.76 Å². The molecule has 3 N–H and O–H groups in total. The summed E-state index contributed by atoms with van der Waals surface area (Å²) < 4.78 is 9.93. The highest BCUT2D eigenvalue weighted by molar-refractivity contribution is 5.94. The lowest BCUT2D eigenvalue weighted by Gasteiger charge is -2.00. The third-order valence-corrected chi connectivity index (χ3v) is 2.28. The molecule has 0 saturated heterocycles. The molecular weight excluding hydrogens is 224 g/mol. The molecule has 0 radical (unpaired) electrons. The first-order chi connectivity index (χ1) is 8.13. The van der Waals surface area contributed by atoms with Gasteiger partial charge in [0, 0.05) is 5.56 Å². The lowest BCUT2D eigenvalue weighted by molar-refractivity contribution is 0.0687. The number of anilines is 1. The van der Waals surface area contributed by atoms with Crippen molar-refractivity contribution in [1.82, 2.24) is 5.16 Å². The first-order valence-electron chi connectivity index (χ1n) is 4.76. The van der Waals surface area contributed by atoms with Gasteiger partial charge >= 0.3 is 5.97 Å². The molecule has 0 fully saturated rings. The van der Waals surface area contributed by atoms with Gasteiger partial charge in [0.25, 0.3) is 0 Å². The molecule has 0 atom stereocenters.